The molecule has 0 aliphatic heterocycles. The lowest BCUT2D eigenvalue weighted by Crippen LogP contribution is -2.16. The minimum absolute atomic E-state index is 0.0120. The molecule has 13 heavy (non-hydrogen) atoms. The highest BCUT2D eigenvalue weighted by Crippen LogP contribution is 2.47. The van der Waals surface area contributed by atoms with Crippen molar-refractivity contribution in [1.82, 2.24) is 0 Å². The molecule has 0 bridgehead atoms. The van der Waals surface area contributed by atoms with Crippen LogP contribution in [0.15, 0.2) is 24.3 Å². The Kier molecular flexibility index (Phi) is 4.41. The molecule has 72 valence electrons. The first-order chi connectivity index (χ1) is 5.94. The Hall–Kier alpha value is 1.07. The summed E-state index contributed by atoms with van der Waals surface area (Å²) < 4.78 is 12.2. The highest BCUT2D eigenvalue weighted by atomic mass is 79.9. The zero-order chi connectivity index (χ0) is 10.1. The van der Waals surface area contributed by atoms with E-state index in [0.717, 1.165) is 5.56 Å². The van der Waals surface area contributed by atoms with Gasteiger partial charge in [0.05, 0.1) is 3.74 Å². The van der Waals surface area contributed by atoms with E-state index < -0.39 is 3.23 Å². The van der Waals surface area contributed by atoms with Crippen LogP contribution in [0.5, 0.6) is 0 Å². The van der Waals surface area contributed by atoms with E-state index in [-0.39, 0.29) is 9.55 Å². The van der Waals surface area contributed by atoms with Crippen LogP contribution in [0.25, 0.3) is 0 Å². The molecular formula is C8H5Br4F. The van der Waals surface area contributed by atoms with Gasteiger partial charge in [-0.1, -0.05) is 75.9 Å². The van der Waals surface area contributed by atoms with Crippen molar-refractivity contribution < 1.29 is 4.39 Å². The van der Waals surface area contributed by atoms with Crippen molar-refractivity contribution >= 4 is 63.7 Å². The molecule has 0 aliphatic rings. The second-order valence-electron chi connectivity index (χ2n) is 2.43. The molecule has 0 saturated heterocycles. The van der Waals surface area contributed by atoms with Gasteiger partial charge in [-0.15, -0.1) is 0 Å². The van der Waals surface area contributed by atoms with E-state index in [0.29, 0.717) is 0 Å². The Balaban J connectivity index is 3.01. The minimum Gasteiger partial charge on any atom is -0.207 e. The zero-order valence-corrected chi connectivity index (χ0v) is 12.6. The molecule has 1 aromatic rings. The van der Waals surface area contributed by atoms with Crippen LogP contribution in [0.3, 0.4) is 0 Å². The summed E-state index contributed by atoms with van der Waals surface area (Å²) in [5, 5.41) is 0. The lowest BCUT2D eigenvalue weighted by Gasteiger charge is -2.22. The smallest absolute Gasteiger partial charge is 0.127 e. The number of halogens is 5. The van der Waals surface area contributed by atoms with Crippen LogP contribution < -0.4 is 0 Å². The van der Waals surface area contributed by atoms with Gasteiger partial charge in [-0.3, -0.25) is 0 Å². The number of alkyl halides is 4. The van der Waals surface area contributed by atoms with Gasteiger partial charge in [0, 0.05) is 0 Å². The SMILES string of the molecule is Fc1ccc(C(Br)(Br)C(Br)Br)cc1. The molecule has 0 spiro atoms. The van der Waals surface area contributed by atoms with Crippen molar-refractivity contribution in [2.24, 2.45) is 0 Å². The van der Waals surface area contributed by atoms with Gasteiger partial charge in [0.2, 0.25) is 0 Å². The minimum atomic E-state index is -0.423. The molecule has 1 rings (SSSR count). The molecule has 0 unspecified atom stereocenters. The Morgan fingerprint density at radius 2 is 1.54 bits per heavy atom. The quantitative estimate of drug-likeness (QED) is 0.576. The maximum Gasteiger partial charge on any atom is 0.127 e. The molecule has 0 aliphatic carbocycles. The lowest BCUT2D eigenvalue weighted by molar-refractivity contribution is 0.627. The van der Waals surface area contributed by atoms with Gasteiger partial charge in [-0.25, -0.2) is 4.39 Å². The predicted octanol–water partition coefficient (Wildman–Crippen LogP) is 4.88. The van der Waals surface area contributed by atoms with E-state index in [1.807, 2.05) is 0 Å². The van der Waals surface area contributed by atoms with Crippen LogP contribution >= 0.6 is 63.7 Å². The number of rotatable bonds is 2. The van der Waals surface area contributed by atoms with Crippen LogP contribution in [-0.2, 0) is 3.23 Å². The fourth-order valence-corrected chi connectivity index (χ4v) is 1.86. The summed E-state index contributed by atoms with van der Waals surface area (Å²) in [5.74, 6) is -0.236. The van der Waals surface area contributed by atoms with Crippen molar-refractivity contribution in [3.63, 3.8) is 0 Å². The molecule has 0 atom stereocenters. The standard InChI is InChI=1S/C8H5Br4F/c9-7(10)8(11,12)5-1-3-6(13)4-2-5/h1-4,7H. The average Bonchev–Trinajstić information content (AvgIpc) is 2.04. The first-order valence-electron chi connectivity index (χ1n) is 3.36. The highest BCUT2D eigenvalue weighted by Gasteiger charge is 2.31. The van der Waals surface area contributed by atoms with Crippen molar-refractivity contribution in [2.75, 3.05) is 0 Å². The molecule has 0 nitrogen and oxygen atoms in total. The summed E-state index contributed by atoms with van der Waals surface area (Å²) in [6, 6.07) is 6.28. The van der Waals surface area contributed by atoms with Crippen LogP contribution in [0.1, 0.15) is 5.56 Å². The molecule has 0 aromatic heterocycles. The van der Waals surface area contributed by atoms with Crippen molar-refractivity contribution in [2.45, 2.75) is 6.97 Å². The summed E-state index contributed by atoms with van der Waals surface area (Å²) in [7, 11) is 0. The van der Waals surface area contributed by atoms with Gasteiger partial charge in [-0.05, 0) is 17.7 Å². The Bertz CT molecular complexity index is 281. The van der Waals surface area contributed by atoms with Gasteiger partial charge in [0.15, 0.2) is 0 Å². The summed E-state index contributed by atoms with van der Waals surface area (Å²) in [4.78, 5) is 0. The van der Waals surface area contributed by atoms with Gasteiger partial charge in [0.1, 0.15) is 9.05 Å². The van der Waals surface area contributed by atoms with Gasteiger partial charge in [-0.2, -0.15) is 0 Å². The van der Waals surface area contributed by atoms with E-state index >= 15 is 0 Å². The molecule has 0 saturated carbocycles. The monoisotopic (exact) mass is 436 g/mol. The second kappa shape index (κ2) is 4.73. The predicted molar refractivity (Wildman–Crippen MR) is 67.6 cm³/mol. The molecular weight excluding hydrogens is 435 g/mol. The molecule has 0 fully saturated rings. The Morgan fingerprint density at radius 3 is 1.92 bits per heavy atom. The second-order valence-corrected chi connectivity index (χ2v) is 9.06. The lowest BCUT2D eigenvalue weighted by atomic mass is 10.2. The van der Waals surface area contributed by atoms with Crippen molar-refractivity contribution in [3.8, 4) is 0 Å². The van der Waals surface area contributed by atoms with Crippen LogP contribution in [0.4, 0.5) is 4.39 Å². The third kappa shape index (κ3) is 3.01. The van der Waals surface area contributed by atoms with Crippen LogP contribution in [0.2, 0.25) is 0 Å². The van der Waals surface area contributed by atoms with Gasteiger partial charge < -0.3 is 0 Å². The molecule has 0 heterocycles. The first kappa shape index (κ1) is 12.1. The summed E-state index contributed by atoms with van der Waals surface area (Å²) in [6.07, 6.45) is 0. The van der Waals surface area contributed by atoms with E-state index in [2.05, 4.69) is 63.7 Å². The Labute approximate surface area is 110 Å². The number of hydrogen-bond donors (Lipinski definition) is 0. The average molecular weight is 440 g/mol. The number of hydrogen-bond acceptors (Lipinski definition) is 0. The van der Waals surface area contributed by atoms with E-state index in [9.17, 15) is 4.39 Å². The molecule has 5 heteroatoms. The third-order valence-electron chi connectivity index (χ3n) is 1.50. The topological polar surface area (TPSA) is 0 Å². The molecule has 0 radical (unpaired) electrons. The fraction of sp³-hybridized carbons (Fsp3) is 0.250. The zero-order valence-electron chi connectivity index (χ0n) is 6.28. The molecule has 1 aromatic carbocycles. The summed E-state index contributed by atoms with van der Waals surface area (Å²) in [5.41, 5.74) is 0.938. The fourth-order valence-electron chi connectivity index (χ4n) is 0.798. The Morgan fingerprint density at radius 1 is 1.08 bits per heavy atom. The highest BCUT2D eigenvalue weighted by molar-refractivity contribution is 9.29. The van der Waals surface area contributed by atoms with Gasteiger partial charge >= 0.3 is 0 Å². The first-order valence-corrected chi connectivity index (χ1v) is 6.78. The maximum absolute atomic E-state index is 12.6. The largest absolute Gasteiger partial charge is 0.207 e. The van der Waals surface area contributed by atoms with Crippen LogP contribution in [0, 0.1) is 5.82 Å². The normalized spacial score (nSPS) is 12.2. The van der Waals surface area contributed by atoms with Crippen molar-refractivity contribution in [3.05, 3.63) is 35.6 Å². The third-order valence-corrected chi connectivity index (χ3v) is 7.17. The van der Waals surface area contributed by atoms with E-state index in [1.54, 1.807) is 12.1 Å². The molecule has 0 amide bonds. The molecule has 0 N–H and O–H groups in total. The van der Waals surface area contributed by atoms with Crippen molar-refractivity contribution in [1.29, 1.82) is 0 Å². The summed E-state index contributed by atoms with van der Waals surface area (Å²) in [6.45, 7) is 0. The van der Waals surface area contributed by atoms with Gasteiger partial charge in [0.25, 0.3) is 0 Å². The maximum atomic E-state index is 12.6. The van der Waals surface area contributed by atoms with Crippen LogP contribution in [-0.4, -0.2) is 3.74 Å². The number of benzene rings is 1. The summed E-state index contributed by atoms with van der Waals surface area (Å²) >= 11 is 13.7. The van der Waals surface area contributed by atoms with E-state index in [1.165, 1.54) is 12.1 Å². The van der Waals surface area contributed by atoms with E-state index in [4.69, 9.17) is 0 Å².